The third-order valence-electron chi connectivity index (χ3n) is 13.5. The molecule has 4 fully saturated rings. The van der Waals surface area contributed by atoms with Gasteiger partial charge < -0.3 is 9.84 Å². The number of ether oxygens (including phenoxy) is 1. The molecule has 0 spiro atoms. The van der Waals surface area contributed by atoms with Crippen molar-refractivity contribution in [1.82, 2.24) is 0 Å². The highest BCUT2D eigenvalue weighted by molar-refractivity contribution is 5.81. The van der Waals surface area contributed by atoms with Crippen LogP contribution in [0.4, 0.5) is 0 Å². The highest BCUT2D eigenvalue weighted by atomic mass is 16.5. The monoisotopic (exact) mass is 528 g/mol. The number of carboxylic acids is 1. The number of carbonyl (C=O) groups is 2. The van der Waals surface area contributed by atoms with Crippen molar-refractivity contribution in [1.29, 1.82) is 0 Å². The Labute approximate surface area is 232 Å². The normalized spacial score (nSPS) is 43.1. The van der Waals surface area contributed by atoms with Crippen molar-refractivity contribution >= 4 is 11.9 Å². The van der Waals surface area contributed by atoms with Crippen molar-refractivity contribution in [2.45, 2.75) is 133 Å². The van der Waals surface area contributed by atoms with Gasteiger partial charge in [0.25, 0.3) is 0 Å². The largest absolute Gasteiger partial charge is 0.481 e. The molecular weight excluding hydrogens is 472 g/mol. The van der Waals surface area contributed by atoms with Gasteiger partial charge in [-0.25, -0.2) is 0 Å². The number of fused-ring (bicyclic) bond motifs is 5. The van der Waals surface area contributed by atoms with E-state index in [1.165, 1.54) is 50.5 Å². The SMILES string of the molecule is C=C(C)C(C)C1CCCC2(C)C1CCC1C3(C)CCC(OC(=O)CC(C)(C)C(=O)O)C(C)(C)C3CCC12C. The van der Waals surface area contributed by atoms with Gasteiger partial charge in [0.2, 0.25) is 0 Å². The number of hydrogen-bond acceptors (Lipinski definition) is 3. The second-order valence-electron chi connectivity index (χ2n) is 16.1. The van der Waals surface area contributed by atoms with E-state index in [4.69, 9.17) is 4.74 Å². The van der Waals surface area contributed by atoms with Crippen LogP contribution >= 0.6 is 0 Å². The molecule has 0 amide bonds. The first-order chi connectivity index (χ1) is 17.4. The first kappa shape index (κ1) is 29.7. The van der Waals surface area contributed by atoms with Gasteiger partial charge in [-0.2, -0.15) is 0 Å². The van der Waals surface area contributed by atoms with Gasteiger partial charge in [-0.3, -0.25) is 9.59 Å². The first-order valence-corrected chi connectivity index (χ1v) is 15.5. The molecule has 9 atom stereocenters. The van der Waals surface area contributed by atoms with Crippen LogP contribution in [0.25, 0.3) is 0 Å². The van der Waals surface area contributed by atoms with E-state index in [1.54, 1.807) is 13.8 Å². The third-order valence-corrected chi connectivity index (χ3v) is 13.5. The highest BCUT2D eigenvalue weighted by Gasteiger charge is 2.68. The summed E-state index contributed by atoms with van der Waals surface area (Å²) in [6.07, 6.45) is 10.9. The molecular formula is C34H56O4. The van der Waals surface area contributed by atoms with E-state index in [0.717, 1.165) is 24.7 Å². The fourth-order valence-corrected chi connectivity index (χ4v) is 10.8. The average molecular weight is 529 g/mol. The summed E-state index contributed by atoms with van der Waals surface area (Å²) < 4.78 is 6.11. The molecule has 4 aliphatic carbocycles. The molecule has 38 heavy (non-hydrogen) atoms. The van der Waals surface area contributed by atoms with E-state index in [0.29, 0.717) is 28.6 Å². The number of aliphatic carboxylic acids is 1. The Morgan fingerprint density at radius 2 is 1.61 bits per heavy atom. The van der Waals surface area contributed by atoms with Crippen LogP contribution < -0.4 is 0 Å². The van der Waals surface area contributed by atoms with Crippen LogP contribution in [0.1, 0.15) is 127 Å². The number of esters is 1. The maximum atomic E-state index is 12.9. The number of allylic oxidation sites excluding steroid dienone is 1. The van der Waals surface area contributed by atoms with Gasteiger partial charge in [0.05, 0.1) is 11.8 Å². The maximum absolute atomic E-state index is 12.9. The van der Waals surface area contributed by atoms with Crippen molar-refractivity contribution in [2.75, 3.05) is 0 Å². The van der Waals surface area contributed by atoms with Gasteiger partial charge in [0.15, 0.2) is 0 Å². The Morgan fingerprint density at radius 1 is 0.947 bits per heavy atom. The lowest BCUT2D eigenvalue weighted by Crippen LogP contribution is -2.65. The summed E-state index contributed by atoms with van der Waals surface area (Å²) in [5.74, 6) is 2.01. The van der Waals surface area contributed by atoms with Crippen LogP contribution in [0.5, 0.6) is 0 Å². The average Bonchev–Trinajstić information content (AvgIpc) is 2.79. The minimum Gasteiger partial charge on any atom is -0.481 e. The summed E-state index contributed by atoms with van der Waals surface area (Å²) in [6.45, 7) is 24.7. The summed E-state index contributed by atoms with van der Waals surface area (Å²) in [7, 11) is 0. The molecule has 4 nitrogen and oxygen atoms in total. The van der Waals surface area contributed by atoms with E-state index in [-0.39, 0.29) is 29.3 Å². The minimum atomic E-state index is -1.11. The first-order valence-electron chi connectivity index (χ1n) is 15.5. The molecule has 0 aromatic carbocycles. The zero-order valence-corrected chi connectivity index (χ0v) is 25.9. The molecule has 9 unspecified atom stereocenters. The van der Waals surface area contributed by atoms with E-state index in [2.05, 4.69) is 55.0 Å². The predicted molar refractivity (Wildman–Crippen MR) is 154 cm³/mol. The van der Waals surface area contributed by atoms with Crippen LogP contribution in [0.2, 0.25) is 0 Å². The number of carboxylic acid groups (broad SMARTS) is 1. The molecule has 0 bridgehead atoms. The molecule has 0 saturated heterocycles. The van der Waals surface area contributed by atoms with E-state index in [9.17, 15) is 14.7 Å². The lowest BCUT2D eigenvalue weighted by atomic mass is 9.33. The number of carbonyl (C=O) groups excluding carboxylic acids is 1. The second-order valence-corrected chi connectivity index (χ2v) is 16.1. The zero-order chi connectivity index (χ0) is 28.5. The number of rotatable bonds is 6. The standard InChI is InChI=1S/C34H56O4/c1-21(2)22(3)23-12-11-17-33(9)24(23)13-14-26-32(8)18-16-27(38-28(35)20-30(4,5)29(36)37)31(6,7)25(32)15-19-34(26,33)10/h22-27H,1,11-20H2,2-10H3,(H,36,37). The van der Waals surface area contributed by atoms with Gasteiger partial charge in [-0.15, -0.1) is 0 Å². The van der Waals surface area contributed by atoms with Gasteiger partial charge >= 0.3 is 11.9 Å². The quantitative estimate of drug-likeness (QED) is 0.277. The Balaban J connectivity index is 1.58. The fraction of sp³-hybridized carbons (Fsp3) is 0.882. The Bertz CT molecular complexity index is 964. The molecule has 0 heterocycles. The predicted octanol–water partition coefficient (Wildman–Crippen LogP) is 8.69. The van der Waals surface area contributed by atoms with E-state index >= 15 is 0 Å². The van der Waals surface area contributed by atoms with Crippen molar-refractivity contribution in [3.8, 4) is 0 Å². The van der Waals surface area contributed by atoms with Crippen LogP contribution in [0.3, 0.4) is 0 Å². The van der Waals surface area contributed by atoms with Gasteiger partial charge in [0, 0.05) is 5.41 Å². The highest BCUT2D eigenvalue weighted by Crippen LogP contribution is 2.75. The summed E-state index contributed by atoms with van der Waals surface area (Å²) in [5, 5.41) is 9.49. The lowest BCUT2D eigenvalue weighted by Gasteiger charge is -2.72. The summed E-state index contributed by atoms with van der Waals surface area (Å²) >= 11 is 0. The molecule has 4 rings (SSSR count). The summed E-state index contributed by atoms with van der Waals surface area (Å²) in [6, 6.07) is 0. The lowest BCUT2D eigenvalue weighted by molar-refractivity contribution is -0.242. The molecule has 0 radical (unpaired) electrons. The number of hydrogen-bond donors (Lipinski definition) is 1. The molecule has 4 saturated carbocycles. The zero-order valence-electron chi connectivity index (χ0n) is 25.9. The van der Waals surface area contributed by atoms with Crippen molar-refractivity contribution in [3.63, 3.8) is 0 Å². The van der Waals surface area contributed by atoms with Crippen molar-refractivity contribution in [2.24, 2.45) is 56.7 Å². The van der Waals surface area contributed by atoms with E-state index < -0.39 is 11.4 Å². The molecule has 0 aromatic heterocycles. The minimum absolute atomic E-state index is 0.0823. The Morgan fingerprint density at radius 3 is 2.21 bits per heavy atom. The fourth-order valence-electron chi connectivity index (χ4n) is 10.8. The topological polar surface area (TPSA) is 63.6 Å². The van der Waals surface area contributed by atoms with Crippen molar-refractivity contribution in [3.05, 3.63) is 12.2 Å². The molecule has 4 aliphatic rings. The van der Waals surface area contributed by atoms with Gasteiger partial charge in [0.1, 0.15) is 6.10 Å². The molecule has 1 N–H and O–H groups in total. The molecule has 0 aliphatic heterocycles. The van der Waals surface area contributed by atoms with E-state index in [1.807, 2.05) is 0 Å². The van der Waals surface area contributed by atoms with Crippen LogP contribution in [-0.2, 0) is 14.3 Å². The van der Waals surface area contributed by atoms with Crippen LogP contribution in [-0.4, -0.2) is 23.1 Å². The van der Waals surface area contributed by atoms with Gasteiger partial charge in [-0.1, -0.05) is 60.1 Å². The Kier molecular flexibility index (Phi) is 7.53. The molecule has 216 valence electrons. The molecule has 0 aromatic rings. The van der Waals surface area contributed by atoms with Crippen molar-refractivity contribution < 1.29 is 19.4 Å². The smallest absolute Gasteiger partial charge is 0.309 e. The molecule has 4 heteroatoms. The Hall–Kier alpha value is -1.32. The van der Waals surface area contributed by atoms with Gasteiger partial charge in [-0.05, 0) is 118 Å². The van der Waals surface area contributed by atoms with Crippen LogP contribution in [0, 0.1) is 56.7 Å². The maximum Gasteiger partial charge on any atom is 0.309 e. The van der Waals surface area contributed by atoms with Crippen LogP contribution in [0.15, 0.2) is 12.2 Å². The second kappa shape index (κ2) is 9.65. The third kappa shape index (κ3) is 4.39. The summed E-state index contributed by atoms with van der Waals surface area (Å²) in [5.41, 5.74) is 1.05. The summed E-state index contributed by atoms with van der Waals surface area (Å²) in [4.78, 5) is 24.5.